The third-order valence-electron chi connectivity index (χ3n) is 0.826. The number of hydrogen-bond donors (Lipinski definition) is 4. The monoisotopic (exact) mass is 152 g/mol. The zero-order valence-electron chi connectivity index (χ0n) is 4.79. The molecule has 0 radical (unpaired) electrons. The molecule has 0 aromatic rings. The molecule has 2 atom stereocenters. The standard InChI is InChI=1S/C3H8N2O3S/c1-3(4,2(6)7)9(5)8/h4H2,1H3,(H2,5,8)(H,6,7). The molecule has 54 valence electrons. The number of aliphatic carboxylic acids is 1. The molecule has 5 nitrogen and oxygen atoms in total. The van der Waals surface area contributed by atoms with Crippen molar-refractivity contribution in [3.63, 3.8) is 0 Å². The van der Waals surface area contributed by atoms with Crippen molar-refractivity contribution in [2.45, 2.75) is 11.8 Å². The Morgan fingerprint density at radius 2 is 2.22 bits per heavy atom. The number of carboxylic acids is 1. The molecule has 6 heteroatoms. The molecule has 0 amide bonds. The normalized spacial score (nSPS) is 20.3. The fourth-order valence-corrected chi connectivity index (χ4v) is 0.248. The first-order valence-corrected chi connectivity index (χ1v) is 3.24. The Balaban J connectivity index is 4.38. The molecule has 0 aliphatic rings. The van der Waals surface area contributed by atoms with E-state index >= 15 is 0 Å². The van der Waals surface area contributed by atoms with Gasteiger partial charge in [-0.3, -0.25) is 4.78 Å². The Kier molecular flexibility index (Phi) is 2.30. The second kappa shape index (κ2) is 2.42. The van der Waals surface area contributed by atoms with Crippen molar-refractivity contribution >= 4 is 16.9 Å². The van der Waals surface area contributed by atoms with E-state index in [0.717, 1.165) is 6.92 Å². The maximum atomic E-state index is 10.1. The molecule has 2 unspecified atom stereocenters. The van der Waals surface area contributed by atoms with Crippen molar-refractivity contribution in [2.24, 2.45) is 5.73 Å². The maximum absolute atomic E-state index is 10.1. The van der Waals surface area contributed by atoms with E-state index in [2.05, 4.69) is 0 Å². The second-order valence-electron chi connectivity index (χ2n) is 1.70. The Morgan fingerprint density at radius 3 is 2.22 bits per heavy atom. The van der Waals surface area contributed by atoms with Crippen molar-refractivity contribution in [1.82, 2.24) is 0 Å². The van der Waals surface area contributed by atoms with Crippen LogP contribution in [0.25, 0.3) is 0 Å². The predicted molar refractivity (Wildman–Crippen MR) is 32.9 cm³/mol. The molecule has 0 aliphatic heterocycles. The maximum Gasteiger partial charge on any atom is 0.337 e. The summed E-state index contributed by atoms with van der Waals surface area (Å²) in [6.07, 6.45) is 0. The predicted octanol–water partition coefficient (Wildman–Crippen LogP) is -0.400. The lowest BCUT2D eigenvalue weighted by Gasteiger charge is -2.15. The van der Waals surface area contributed by atoms with Crippen molar-refractivity contribution in [1.29, 1.82) is 4.78 Å². The summed E-state index contributed by atoms with van der Waals surface area (Å²) in [6, 6.07) is 0. The van der Waals surface area contributed by atoms with Crippen molar-refractivity contribution < 1.29 is 14.5 Å². The SMILES string of the molecule is CC(N)(C(=O)O)S(=N)O. The van der Waals surface area contributed by atoms with Gasteiger partial charge in [-0.2, -0.15) is 0 Å². The molecule has 0 aromatic carbocycles. The van der Waals surface area contributed by atoms with Gasteiger partial charge in [-0.25, -0.2) is 4.79 Å². The summed E-state index contributed by atoms with van der Waals surface area (Å²) in [5.41, 5.74) is 4.98. The Labute approximate surface area is 54.6 Å². The molecular weight excluding hydrogens is 144 g/mol. The van der Waals surface area contributed by atoms with Crippen LogP contribution >= 0.6 is 0 Å². The van der Waals surface area contributed by atoms with Gasteiger partial charge in [0.1, 0.15) is 0 Å². The van der Waals surface area contributed by atoms with Gasteiger partial charge >= 0.3 is 5.97 Å². The van der Waals surface area contributed by atoms with Crippen LogP contribution in [0.3, 0.4) is 0 Å². The Bertz CT molecular complexity index is 139. The summed E-state index contributed by atoms with van der Waals surface area (Å²) in [6.45, 7) is 1.09. The third kappa shape index (κ3) is 1.74. The lowest BCUT2D eigenvalue weighted by atomic mass is 10.4. The summed E-state index contributed by atoms with van der Waals surface area (Å²) in [5.74, 6) is -1.37. The van der Waals surface area contributed by atoms with Crippen molar-refractivity contribution in [3.8, 4) is 0 Å². The molecule has 0 saturated heterocycles. The molecule has 0 heterocycles. The summed E-state index contributed by atoms with van der Waals surface area (Å²) in [4.78, 5) is 8.23. The molecule has 0 aliphatic carbocycles. The van der Waals surface area contributed by atoms with Gasteiger partial charge in [0.2, 0.25) is 0 Å². The number of carboxylic acid groups (broad SMARTS) is 1. The van der Waals surface area contributed by atoms with E-state index in [1.807, 2.05) is 0 Å². The van der Waals surface area contributed by atoms with Gasteiger partial charge in [-0.05, 0) is 6.92 Å². The van der Waals surface area contributed by atoms with Gasteiger partial charge in [-0.1, -0.05) is 0 Å². The first-order valence-electron chi connectivity index (χ1n) is 2.06. The van der Waals surface area contributed by atoms with E-state index in [1.165, 1.54) is 0 Å². The minimum absolute atomic E-state index is 1.09. The summed E-state index contributed by atoms with van der Waals surface area (Å²) < 4.78 is 15.0. The topological polar surface area (TPSA) is 107 Å². The van der Waals surface area contributed by atoms with Crippen LogP contribution in [0.15, 0.2) is 0 Å². The van der Waals surface area contributed by atoms with Crippen LogP contribution in [-0.4, -0.2) is 20.5 Å². The average Bonchev–Trinajstić information content (AvgIpc) is 1.65. The van der Waals surface area contributed by atoms with Gasteiger partial charge < -0.3 is 15.4 Å². The van der Waals surface area contributed by atoms with Gasteiger partial charge in [-0.15, -0.1) is 0 Å². The van der Waals surface area contributed by atoms with Crippen LogP contribution in [0.2, 0.25) is 0 Å². The molecule has 0 saturated carbocycles. The Morgan fingerprint density at radius 1 is 1.89 bits per heavy atom. The van der Waals surface area contributed by atoms with E-state index in [0.29, 0.717) is 0 Å². The lowest BCUT2D eigenvalue weighted by Crippen LogP contribution is -2.48. The highest BCUT2D eigenvalue weighted by Gasteiger charge is 2.31. The molecule has 0 spiro atoms. The van der Waals surface area contributed by atoms with Crippen LogP contribution in [0.4, 0.5) is 0 Å². The fourth-order valence-electron chi connectivity index (χ4n) is 0.0827. The Hall–Kier alpha value is -0.460. The smallest absolute Gasteiger partial charge is 0.337 e. The summed E-state index contributed by atoms with van der Waals surface area (Å²) in [5, 5.41) is 8.21. The quantitative estimate of drug-likeness (QED) is 0.431. The number of carbonyl (C=O) groups is 1. The zero-order valence-corrected chi connectivity index (χ0v) is 5.60. The molecule has 0 aromatic heterocycles. The lowest BCUT2D eigenvalue weighted by molar-refractivity contribution is -0.139. The fraction of sp³-hybridized carbons (Fsp3) is 0.667. The minimum atomic E-state index is -2.03. The van der Waals surface area contributed by atoms with Gasteiger partial charge in [0, 0.05) is 0 Å². The van der Waals surface area contributed by atoms with E-state index in [9.17, 15) is 4.79 Å². The second-order valence-corrected chi connectivity index (χ2v) is 3.11. The van der Waals surface area contributed by atoms with Crippen LogP contribution in [0.1, 0.15) is 6.92 Å². The molecule has 0 bridgehead atoms. The minimum Gasteiger partial charge on any atom is -0.479 e. The van der Waals surface area contributed by atoms with Crippen LogP contribution in [0, 0.1) is 4.78 Å². The number of nitrogens with two attached hydrogens (primary N) is 1. The summed E-state index contributed by atoms with van der Waals surface area (Å²) in [7, 11) is -2.03. The van der Waals surface area contributed by atoms with E-state index in [-0.39, 0.29) is 0 Å². The number of nitrogens with one attached hydrogen (secondary N) is 1. The van der Waals surface area contributed by atoms with E-state index in [4.69, 9.17) is 20.2 Å². The third-order valence-corrected chi connectivity index (χ3v) is 1.80. The van der Waals surface area contributed by atoms with Gasteiger partial charge in [0.05, 0.1) is 11.0 Å². The average molecular weight is 152 g/mol. The summed E-state index contributed by atoms with van der Waals surface area (Å²) >= 11 is 0. The van der Waals surface area contributed by atoms with Gasteiger partial charge in [0.15, 0.2) is 4.87 Å². The van der Waals surface area contributed by atoms with Gasteiger partial charge in [0.25, 0.3) is 0 Å². The van der Waals surface area contributed by atoms with Crippen LogP contribution < -0.4 is 5.73 Å². The van der Waals surface area contributed by atoms with Crippen LogP contribution in [-0.2, 0) is 15.8 Å². The van der Waals surface area contributed by atoms with E-state index in [1.54, 1.807) is 0 Å². The highest BCUT2D eigenvalue weighted by molar-refractivity contribution is 7.82. The van der Waals surface area contributed by atoms with Crippen molar-refractivity contribution in [3.05, 3.63) is 0 Å². The molecule has 0 rings (SSSR count). The molecular formula is C3H8N2O3S. The van der Waals surface area contributed by atoms with Crippen LogP contribution in [0.5, 0.6) is 0 Å². The highest BCUT2D eigenvalue weighted by Crippen LogP contribution is 2.02. The molecule has 5 N–H and O–H groups in total. The number of hydrogen-bond acceptors (Lipinski definition) is 3. The first-order chi connectivity index (χ1) is 3.89. The molecule has 9 heavy (non-hydrogen) atoms. The first kappa shape index (κ1) is 8.54. The van der Waals surface area contributed by atoms with E-state index < -0.39 is 21.8 Å². The highest BCUT2D eigenvalue weighted by atomic mass is 32.2. The van der Waals surface area contributed by atoms with Crippen molar-refractivity contribution in [2.75, 3.05) is 0 Å². The number of rotatable bonds is 2. The largest absolute Gasteiger partial charge is 0.479 e. The molecule has 0 fully saturated rings. The zero-order chi connectivity index (χ0) is 7.65.